The average Bonchev–Trinajstić information content (AvgIpc) is 2.29. The Morgan fingerprint density at radius 3 is 2.47 bits per heavy atom. The first kappa shape index (κ1) is 15.7. The van der Waals surface area contributed by atoms with Crippen LogP contribution in [0.3, 0.4) is 0 Å². The number of amides is 1. The Kier molecular flexibility index (Phi) is 5.08. The van der Waals surface area contributed by atoms with Crippen LogP contribution in [0.5, 0.6) is 0 Å². The second-order valence-electron chi connectivity index (χ2n) is 4.86. The lowest BCUT2D eigenvalue weighted by molar-refractivity contribution is 0.1000. The molecule has 5 nitrogen and oxygen atoms in total. The third-order valence-electron chi connectivity index (χ3n) is 2.89. The highest BCUT2D eigenvalue weighted by Crippen LogP contribution is 2.15. The zero-order valence-electron chi connectivity index (χ0n) is 11.2. The van der Waals surface area contributed by atoms with E-state index in [0.29, 0.717) is 17.5 Å². The Bertz CT molecular complexity index is 565. The predicted molar refractivity (Wildman–Crippen MR) is 75.5 cm³/mol. The van der Waals surface area contributed by atoms with Gasteiger partial charge in [0.05, 0.1) is 11.5 Å². The summed E-state index contributed by atoms with van der Waals surface area (Å²) in [7, 11) is -3.18. The second kappa shape index (κ2) is 6.16. The summed E-state index contributed by atoms with van der Waals surface area (Å²) in [6, 6.07) is 4.66. The van der Waals surface area contributed by atoms with Crippen molar-refractivity contribution in [2.24, 2.45) is 11.5 Å². The number of hydrogen-bond acceptors (Lipinski definition) is 4. The quantitative estimate of drug-likeness (QED) is 0.804. The molecule has 1 atom stereocenters. The molecule has 0 aliphatic rings. The number of rotatable bonds is 6. The van der Waals surface area contributed by atoms with E-state index in [9.17, 15) is 13.2 Å². The SMILES string of the molecule is Cc1cc(C(N)=O)ccc1CS(=O)(=O)CCC(C)N. The largest absolute Gasteiger partial charge is 0.366 e. The van der Waals surface area contributed by atoms with Gasteiger partial charge in [0.25, 0.3) is 0 Å². The van der Waals surface area contributed by atoms with Crippen molar-refractivity contribution in [1.82, 2.24) is 0 Å². The number of carbonyl (C=O) groups is 1. The van der Waals surface area contributed by atoms with Gasteiger partial charge in [0.2, 0.25) is 5.91 Å². The molecule has 0 heterocycles. The fourth-order valence-corrected chi connectivity index (χ4v) is 3.36. The van der Waals surface area contributed by atoms with Crippen LogP contribution in [0.2, 0.25) is 0 Å². The first-order valence-electron chi connectivity index (χ1n) is 6.06. The molecule has 1 amide bonds. The van der Waals surface area contributed by atoms with Crippen molar-refractivity contribution in [2.75, 3.05) is 5.75 Å². The molecule has 0 spiro atoms. The molecule has 19 heavy (non-hydrogen) atoms. The fourth-order valence-electron chi connectivity index (χ4n) is 1.69. The Morgan fingerprint density at radius 2 is 2.00 bits per heavy atom. The minimum atomic E-state index is -3.18. The van der Waals surface area contributed by atoms with Crippen LogP contribution in [0, 0.1) is 6.92 Å². The average molecular weight is 284 g/mol. The topological polar surface area (TPSA) is 103 Å². The van der Waals surface area contributed by atoms with Gasteiger partial charge >= 0.3 is 0 Å². The molecule has 1 aromatic rings. The van der Waals surface area contributed by atoms with Gasteiger partial charge in [-0.05, 0) is 43.5 Å². The summed E-state index contributed by atoms with van der Waals surface area (Å²) in [6.45, 7) is 3.55. The number of hydrogen-bond donors (Lipinski definition) is 2. The fraction of sp³-hybridized carbons (Fsp3) is 0.462. The van der Waals surface area contributed by atoms with Crippen LogP contribution in [-0.2, 0) is 15.6 Å². The lowest BCUT2D eigenvalue weighted by Crippen LogP contribution is -2.21. The van der Waals surface area contributed by atoms with E-state index in [0.717, 1.165) is 5.56 Å². The molecule has 0 aliphatic carbocycles. The van der Waals surface area contributed by atoms with Crippen molar-refractivity contribution >= 4 is 15.7 Å². The van der Waals surface area contributed by atoms with Gasteiger partial charge in [-0.1, -0.05) is 6.07 Å². The predicted octanol–water partition coefficient (Wildman–Crippen LogP) is 0.746. The molecule has 1 aromatic carbocycles. The van der Waals surface area contributed by atoms with Crippen LogP contribution in [0.15, 0.2) is 18.2 Å². The molecule has 0 radical (unpaired) electrons. The van der Waals surface area contributed by atoms with Crippen LogP contribution in [0.4, 0.5) is 0 Å². The first-order chi connectivity index (χ1) is 8.71. The standard InChI is InChI=1S/C13H20N2O3S/c1-9-7-11(13(15)16)3-4-12(9)8-19(17,18)6-5-10(2)14/h3-4,7,10H,5-6,8,14H2,1-2H3,(H2,15,16). The molecule has 4 N–H and O–H groups in total. The molecule has 0 aromatic heterocycles. The lowest BCUT2D eigenvalue weighted by Gasteiger charge is -2.09. The summed E-state index contributed by atoms with van der Waals surface area (Å²) in [5.41, 5.74) is 12.6. The molecule has 0 bridgehead atoms. The van der Waals surface area contributed by atoms with E-state index < -0.39 is 15.7 Å². The second-order valence-corrected chi connectivity index (χ2v) is 7.05. The summed E-state index contributed by atoms with van der Waals surface area (Å²) in [5.74, 6) is -0.485. The highest BCUT2D eigenvalue weighted by molar-refractivity contribution is 7.90. The maximum absolute atomic E-state index is 11.9. The first-order valence-corrected chi connectivity index (χ1v) is 7.89. The van der Waals surface area contributed by atoms with Crippen molar-refractivity contribution in [3.63, 3.8) is 0 Å². The van der Waals surface area contributed by atoms with Gasteiger partial charge < -0.3 is 11.5 Å². The zero-order chi connectivity index (χ0) is 14.6. The molecular formula is C13H20N2O3S. The van der Waals surface area contributed by atoms with Crippen molar-refractivity contribution in [2.45, 2.75) is 32.1 Å². The lowest BCUT2D eigenvalue weighted by atomic mass is 10.1. The van der Waals surface area contributed by atoms with Crippen LogP contribution >= 0.6 is 0 Å². The van der Waals surface area contributed by atoms with E-state index in [1.165, 1.54) is 0 Å². The van der Waals surface area contributed by atoms with Crippen molar-refractivity contribution in [3.8, 4) is 0 Å². The molecule has 0 saturated heterocycles. The molecule has 0 aliphatic heterocycles. The normalized spacial score (nSPS) is 13.2. The number of nitrogens with two attached hydrogens (primary N) is 2. The third-order valence-corrected chi connectivity index (χ3v) is 4.50. The number of carbonyl (C=O) groups excluding carboxylic acids is 1. The van der Waals surface area contributed by atoms with Crippen LogP contribution in [0.25, 0.3) is 0 Å². The molecule has 6 heteroatoms. The summed E-state index contributed by atoms with van der Waals surface area (Å²) >= 11 is 0. The molecule has 0 fully saturated rings. The van der Waals surface area contributed by atoms with Crippen LogP contribution in [-0.4, -0.2) is 26.1 Å². The van der Waals surface area contributed by atoms with Gasteiger partial charge in [0.15, 0.2) is 9.84 Å². The number of primary amides is 1. The van der Waals surface area contributed by atoms with E-state index in [-0.39, 0.29) is 17.5 Å². The maximum atomic E-state index is 11.9. The Morgan fingerprint density at radius 1 is 1.37 bits per heavy atom. The van der Waals surface area contributed by atoms with E-state index in [1.807, 2.05) is 0 Å². The van der Waals surface area contributed by atoms with Gasteiger partial charge in [0, 0.05) is 11.6 Å². The molecule has 1 unspecified atom stereocenters. The maximum Gasteiger partial charge on any atom is 0.248 e. The van der Waals surface area contributed by atoms with Crippen molar-refractivity contribution in [3.05, 3.63) is 34.9 Å². The van der Waals surface area contributed by atoms with Gasteiger partial charge in [-0.2, -0.15) is 0 Å². The highest BCUT2D eigenvalue weighted by Gasteiger charge is 2.15. The van der Waals surface area contributed by atoms with E-state index in [1.54, 1.807) is 32.0 Å². The van der Waals surface area contributed by atoms with E-state index in [4.69, 9.17) is 11.5 Å². The van der Waals surface area contributed by atoms with Gasteiger partial charge in [0.1, 0.15) is 0 Å². The van der Waals surface area contributed by atoms with Gasteiger partial charge in [-0.15, -0.1) is 0 Å². The molecule has 106 valence electrons. The molecule has 1 rings (SSSR count). The molecular weight excluding hydrogens is 264 g/mol. The van der Waals surface area contributed by atoms with E-state index in [2.05, 4.69) is 0 Å². The monoisotopic (exact) mass is 284 g/mol. The Balaban J connectivity index is 2.85. The zero-order valence-corrected chi connectivity index (χ0v) is 12.0. The summed E-state index contributed by atoms with van der Waals surface area (Å²) in [6.07, 6.45) is 0.445. The minimum Gasteiger partial charge on any atom is -0.366 e. The number of sulfone groups is 1. The van der Waals surface area contributed by atoms with E-state index >= 15 is 0 Å². The van der Waals surface area contributed by atoms with Gasteiger partial charge in [-0.25, -0.2) is 8.42 Å². The highest BCUT2D eigenvalue weighted by atomic mass is 32.2. The Labute approximate surface area is 113 Å². The van der Waals surface area contributed by atoms with Crippen molar-refractivity contribution in [1.29, 1.82) is 0 Å². The number of benzene rings is 1. The summed E-state index contributed by atoms with van der Waals surface area (Å²) in [5, 5.41) is 0. The minimum absolute atomic E-state index is 0.0371. The van der Waals surface area contributed by atoms with Crippen LogP contribution < -0.4 is 11.5 Å². The summed E-state index contributed by atoms with van der Waals surface area (Å²) in [4.78, 5) is 11.0. The smallest absolute Gasteiger partial charge is 0.248 e. The third kappa shape index (κ3) is 5.00. The van der Waals surface area contributed by atoms with Gasteiger partial charge in [-0.3, -0.25) is 4.79 Å². The Hall–Kier alpha value is -1.40. The number of aryl methyl sites for hydroxylation is 1. The summed E-state index contributed by atoms with van der Waals surface area (Å²) < 4.78 is 23.9. The molecule has 0 saturated carbocycles. The van der Waals surface area contributed by atoms with Crippen LogP contribution in [0.1, 0.15) is 34.8 Å². The van der Waals surface area contributed by atoms with Crippen molar-refractivity contribution < 1.29 is 13.2 Å².